The third-order valence-corrected chi connectivity index (χ3v) is 5.79. The second kappa shape index (κ2) is 10.3. The topological polar surface area (TPSA) is 261 Å². The minimum Gasteiger partial charge on any atom is -0.506 e. The first-order valence-electron chi connectivity index (χ1n) is 10.4. The summed E-state index contributed by atoms with van der Waals surface area (Å²) in [6.07, 6.45) is -6.11. The van der Waals surface area contributed by atoms with Crippen molar-refractivity contribution in [2.75, 3.05) is 0 Å². The molecule has 1 aliphatic rings. The monoisotopic (exact) mass is 495 g/mol. The number of aromatic nitrogens is 3. The van der Waals surface area contributed by atoms with Crippen molar-refractivity contribution in [2.24, 2.45) is 11.7 Å². The molecular formula is C20H25N5O10. The Morgan fingerprint density at radius 2 is 1.91 bits per heavy atom. The van der Waals surface area contributed by atoms with Crippen LogP contribution in [-0.4, -0.2) is 82.8 Å². The van der Waals surface area contributed by atoms with Crippen LogP contribution in [0.15, 0.2) is 34.1 Å². The van der Waals surface area contributed by atoms with Crippen molar-refractivity contribution < 1.29 is 39.9 Å². The van der Waals surface area contributed by atoms with Gasteiger partial charge in [-0.05, 0) is 12.1 Å². The van der Waals surface area contributed by atoms with Crippen molar-refractivity contribution in [3.63, 3.8) is 0 Å². The predicted molar refractivity (Wildman–Crippen MR) is 115 cm³/mol. The Morgan fingerprint density at radius 3 is 2.49 bits per heavy atom. The number of carboxylic acids is 1. The molecule has 1 aliphatic heterocycles. The van der Waals surface area contributed by atoms with Crippen LogP contribution in [0.4, 0.5) is 0 Å². The first-order chi connectivity index (χ1) is 16.4. The Hall–Kier alpha value is -3.63. The van der Waals surface area contributed by atoms with Gasteiger partial charge in [-0.3, -0.25) is 19.6 Å². The highest BCUT2D eigenvalue weighted by atomic mass is 16.5. The van der Waals surface area contributed by atoms with E-state index in [1.165, 1.54) is 19.1 Å². The van der Waals surface area contributed by atoms with Crippen LogP contribution in [0.1, 0.15) is 30.4 Å². The zero-order valence-corrected chi connectivity index (χ0v) is 18.2. The summed E-state index contributed by atoms with van der Waals surface area (Å²) in [4.78, 5) is 55.8. The van der Waals surface area contributed by atoms with Crippen LogP contribution in [0.2, 0.25) is 0 Å². The van der Waals surface area contributed by atoms with Crippen molar-refractivity contribution in [2.45, 2.75) is 49.5 Å². The second-order valence-electron chi connectivity index (χ2n) is 8.13. The number of hydrogen-bond acceptors (Lipinski definition) is 11. The van der Waals surface area contributed by atoms with Gasteiger partial charge in [0.15, 0.2) is 6.04 Å². The summed E-state index contributed by atoms with van der Waals surface area (Å²) in [6, 6.07) is -0.743. The van der Waals surface area contributed by atoms with Crippen molar-refractivity contribution in [3.05, 3.63) is 56.6 Å². The lowest BCUT2D eigenvalue weighted by Crippen LogP contribution is -2.57. The average molecular weight is 495 g/mol. The first-order valence-corrected chi connectivity index (χ1v) is 10.4. The van der Waals surface area contributed by atoms with Crippen LogP contribution in [0.25, 0.3) is 0 Å². The van der Waals surface area contributed by atoms with E-state index < -0.39 is 71.6 Å². The van der Waals surface area contributed by atoms with Gasteiger partial charge in [0, 0.05) is 12.1 Å². The van der Waals surface area contributed by atoms with Crippen LogP contribution < -0.4 is 22.3 Å². The quantitative estimate of drug-likeness (QED) is 0.173. The molecule has 3 heterocycles. The molecule has 0 radical (unpaired) electrons. The molecule has 1 fully saturated rings. The number of H-pyrrole nitrogens is 2. The van der Waals surface area contributed by atoms with Crippen LogP contribution in [0.3, 0.4) is 0 Å². The molecule has 0 aliphatic carbocycles. The van der Waals surface area contributed by atoms with E-state index in [4.69, 9.17) is 10.5 Å². The zero-order chi connectivity index (χ0) is 26.0. The van der Waals surface area contributed by atoms with Gasteiger partial charge in [0.2, 0.25) is 5.91 Å². The summed E-state index contributed by atoms with van der Waals surface area (Å²) in [5.41, 5.74) is 4.00. The average Bonchev–Trinajstić information content (AvgIpc) is 3.10. The maximum absolute atomic E-state index is 12.7. The SMILES string of the molecule is C[C@@H]([C@H](N)C(=O)N[C@@H](C(=O)O)[C@@H]1O[C@H](c2c[nH]c(=O)[nH]c2=O)[C@H](O)[C@@H]1O)[C@@H](O)c1ccc(O)cn1. The molecule has 0 saturated carbocycles. The molecule has 10 N–H and O–H groups in total. The summed E-state index contributed by atoms with van der Waals surface area (Å²) >= 11 is 0. The number of amides is 1. The maximum atomic E-state index is 12.7. The van der Waals surface area contributed by atoms with Crippen LogP contribution in [-0.2, 0) is 14.3 Å². The summed E-state index contributed by atoms with van der Waals surface area (Å²) in [7, 11) is 0. The molecule has 1 amide bonds. The number of pyridine rings is 1. The van der Waals surface area contributed by atoms with Gasteiger partial charge in [-0.2, -0.15) is 0 Å². The molecule has 2 aromatic rings. The largest absolute Gasteiger partial charge is 0.506 e. The van der Waals surface area contributed by atoms with Crippen LogP contribution in [0.5, 0.6) is 5.75 Å². The van der Waals surface area contributed by atoms with E-state index in [1.807, 2.05) is 4.98 Å². The van der Waals surface area contributed by atoms with E-state index in [9.17, 15) is 44.7 Å². The number of carboxylic acid groups (broad SMARTS) is 1. The number of hydrogen-bond donors (Lipinski definition) is 9. The van der Waals surface area contributed by atoms with Crippen LogP contribution in [0, 0.1) is 5.92 Å². The van der Waals surface area contributed by atoms with Gasteiger partial charge >= 0.3 is 11.7 Å². The highest BCUT2D eigenvalue weighted by molar-refractivity contribution is 5.87. The minimum atomic E-state index is -1.90. The molecule has 0 aromatic carbocycles. The number of rotatable bonds is 8. The highest BCUT2D eigenvalue weighted by Gasteiger charge is 2.50. The molecule has 0 spiro atoms. The third-order valence-electron chi connectivity index (χ3n) is 5.79. The molecule has 1 saturated heterocycles. The first kappa shape index (κ1) is 26.0. The summed E-state index contributed by atoms with van der Waals surface area (Å²) < 4.78 is 5.42. The number of aromatic amines is 2. The van der Waals surface area contributed by atoms with Gasteiger partial charge in [0.25, 0.3) is 5.56 Å². The number of aromatic hydroxyl groups is 1. The molecule has 15 heteroatoms. The van der Waals surface area contributed by atoms with Crippen molar-refractivity contribution in [1.82, 2.24) is 20.3 Å². The smallest absolute Gasteiger partial charge is 0.329 e. The molecule has 0 unspecified atom stereocenters. The van der Waals surface area contributed by atoms with Gasteiger partial charge < -0.3 is 46.3 Å². The van der Waals surface area contributed by atoms with E-state index in [0.29, 0.717) is 0 Å². The number of aliphatic carboxylic acids is 1. The number of aliphatic hydroxyl groups is 3. The number of nitrogens with two attached hydrogens (primary N) is 1. The molecule has 0 bridgehead atoms. The highest BCUT2D eigenvalue weighted by Crippen LogP contribution is 2.33. The van der Waals surface area contributed by atoms with E-state index in [-0.39, 0.29) is 17.0 Å². The van der Waals surface area contributed by atoms with Crippen molar-refractivity contribution in [3.8, 4) is 5.75 Å². The van der Waals surface area contributed by atoms with Gasteiger partial charge in [-0.15, -0.1) is 0 Å². The Labute approximate surface area is 196 Å². The molecule has 35 heavy (non-hydrogen) atoms. The fraction of sp³-hybridized carbons (Fsp3) is 0.450. The van der Waals surface area contributed by atoms with Crippen molar-refractivity contribution >= 4 is 11.9 Å². The number of carbonyl (C=O) groups is 2. The number of carbonyl (C=O) groups excluding carboxylic acids is 1. The minimum absolute atomic E-state index is 0.111. The summed E-state index contributed by atoms with van der Waals surface area (Å²) in [6.45, 7) is 1.42. The van der Waals surface area contributed by atoms with Gasteiger partial charge in [0.1, 0.15) is 36.3 Å². The summed E-state index contributed by atoms with van der Waals surface area (Å²) in [5, 5.41) is 52.3. The van der Waals surface area contributed by atoms with E-state index >= 15 is 0 Å². The van der Waals surface area contributed by atoms with E-state index in [0.717, 1.165) is 12.4 Å². The lowest BCUT2D eigenvalue weighted by Gasteiger charge is -2.28. The van der Waals surface area contributed by atoms with Gasteiger partial charge in [-0.25, -0.2) is 9.59 Å². The Morgan fingerprint density at radius 1 is 1.23 bits per heavy atom. The molecule has 8 atom stereocenters. The van der Waals surface area contributed by atoms with Crippen LogP contribution >= 0.6 is 0 Å². The van der Waals surface area contributed by atoms with E-state index in [2.05, 4.69) is 15.3 Å². The normalized spacial score (nSPS) is 25.4. The maximum Gasteiger partial charge on any atom is 0.329 e. The fourth-order valence-corrected chi connectivity index (χ4v) is 3.68. The van der Waals surface area contributed by atoms with Gasteiger partial charge in [0.05, 0.1) is 23.5 Å². The zero-order valence-electron chi connectivity index (χ0n) is 18.2. The number of ether oxygens (including phenoxy) is 1. The molecular weight excluding hydrogens is 470 g/mol. The van der Waals surface area contributed by atoms with E-state index in [1.54, 1.807) is 0 Å². The standard InChI is InChI=1S/C20H25N5O10/c1-6(12(27)9-3-2-7(26)4-22-9)10(21)18(31)24-11(19(32)33)16-14(29)13(28)15(35-16)8-5-23-20(34)25-17(8)30/h2-6,10-16,26-29H,21H2,1H3,(H,24,31)(H,32,33)(H2,23,25,30,34)/t6-,10-,11+,12+,13+,14-,15+,16-/m0/s1. The molecule has 2 aromatic heterocycles. The number of nitrogens with one attached hydrogen (secondary N) is 3. The Balaban J connectivity index is 1.76. The van der Waals surface area contributed by atoms with Crippen molar-refractivity contribution in [1.29, 1.82) is 0 Å². The summed E-state index contributed by atoms with van der Waals surface area (Å²) in [5.74, 6) is -3.75. The molecule has 190 valence electrons. The lowest BCUT2D eigenvalue weighted by atomic mass is 9.92. The van der Waals surface area contributed by atoms with Gasteiger partial charge in [-0.1, -0.05) is 6.92 Å². The second-order valence-corrected chi connectivity index (χ2v) is 8.13. The number of aliphatic hydroxyl groups excluding tert-OH is 3. The predicted octanol–water partition coefficient (Wildman–Crippen LogP) is -3.41. The molecule has 15 nitrogen and oxygen atoms in total. The third kappa shape index (κ3) is 5.39. The molecule has 3 rings (SSSR count). The lowest BCUT2D eigenvalue weighted by molar-refractivity contribution is -0.148. The number of nitrogens with zero attached hydrogens (tertiary/aromatic N) is 1. The fourth-order valence-electron chi connectivity index (χ4n) is 3.68. The Bertz CT molecular complexity index is 1180. The Kier molecular flexibility index (Phi) is 7.67.